The molecule has 0 aliphatic heterocycles. The highest BCUT2D eigenvalue weighted by Gasteiger charge is 2.14. The highest BCUT2D eigenvalue weighted by molar-refractivity contribution is 6.37. The van der Waals surface area contributed by atoms with Gasteiger partial charge in [0.15, 0.2) is 0 Å². The van der Waals surface area contributed by atoms with Crippen molar-refractivity contribution in [2.24, 2.45) is 0 Å². The minimum absolute atomic E-state index is 0.215. The Bertz CT molecular complexity index is 992. The Hall–Kier alpha value is -2.31. The van der Waals surface area contributed by atoms with Crippen LogP contribution in [0.2, 0.25) is 20.1 Å². The van der Waals surface area contributed by atoms with Gasteiger partial charge in [0.1, 0.15) is 11.6 Å². The van der Waals surface area contributed by atoms with Gasteiger partial charge in [0, 0.05) is 10.0 Å². The van der Waals surface area contributed by atoms with E-state index in [0.717, 1.165) is 0 Å². The van der Waals surface area contributed by atoms with Crippen LogP contribution in [0.1, 0.15) is 20.7 Å². The van der Waals surface area contributed by atoms with E-state index in [1.54, 1.807) is 30.3 Å². The van der Waals surface area contributed by atoms with E-state index >= 15 is 0 Å². The fraction of sp³-hybridized carbons (Fsp3) is 0. The molecule has 0 aliphatic rings. The summed E-state index contributed by atoms with van der Waals surface area (Å²) in [4.78, 5) is 29.0. The van der Waals surface area contributed by atoms with E-state index < -0.39 is 11.8 Å². The first-order chi connectivity index (χ1) is 13.3. The summed E-state index contributed by atoms with van der Waals surface area (Å²) in [6.45, 7) is 0. The van der Waals surface area contributed by atoms with Gasteiger partial charge in [0.2, 0.25) is 0 Å². The summed E-state index contributed by atoms with van der Waals surface area (Å²) >= 11 is 23.8. The van der Waals surface area contributed by atoms with Crippen LogP contribution in [-0.4, -0.2) is 16.8 Å². The third-order valence-corrected chi connectivity index (χ3v) is 4.68. The Labute approximate surface area is 180 Å². The molecule has 0 unspecified atom stereocenters. The molecule has 5 nitrogen and oxygen atoms in total. The number of rotatable bonds is 4. The summed E-state index contributed by atoms with van der Waals surface area (Å²) in [5.41, 5.74) is 0.491. The lowest BCUT2D eigenvalue weighted by Gasteiger charge is -2.09. The second kappa shape index (κ2) is 8.80. The summed E-state index contributed by atoms with van der Waals surface area (Å²) in [7, 11) is 0. The Morgan fingerprint density at radius 3 is 1.50 bits per heavy atom. The van der Waals surface area contributed by atoms with Crippen LogP contribution in [0, 0.1) is 0 Å². The van der Waals surface area contributed by atoms with Crippen LogP contribution in [0.5, 0.6) is 0 Å². The van der Waals surface area contributed by atoms with Gasteiger partial charge in [-0.15, -0.1) is 0 Å². The summed E-state index contributed by atoms with van der Waals surface area (Å²) in [6, 6.07) is 13.9. The predicted molar refractivity (Wildman–Crippen MR) is 113 cm³/mol. The van der Waals surface area contributed by atoms with Gasteiger partial charge in [-0.1, -0.05) is 52.5 Å². The van der Waals surface area contributed by atoms with Gasteiger partial charge in [-0.3, -0.25) is 9.59 Å². The van der Waals surface area contributed by atoms with Gasteiger partial charge < -0.3 is 10.6 Å². The van der Waals surface area contributed by atoms with E-state index in [0.29, 0.717) is 10.0 Å². The average molecular weight is 455 g/mol. The molecular formula is C19H11Cl4N3O2. The van der Waals surface area contributed by atoms with Crippen molar-refractivity contribution in [1.82, 2.24) is 4.98 Å². The van der Waals surface area contributed by atoms with Crippen LogP contribution >= 0.6 is 46.4 Å². The van der Waals surface area contributed by atoms with E-state index in [9.17, 15) is 9.59 Å². The molecule has 0 saturated carbocycles. The van der Waals surface area contributed by atoms with Gasteiger partial charge in [0.05, 0.1) is 21.2 Å². The Morgan fingerprint density at radius 1 is 0.679 bits per heavy atom. The normalized spacial score (nSPS) is 10.4. The van der Waals surface area contributed by atoms with E-state index in [-0.39, 0.29) is 32.8 Å². The number of aromatic nitrogens is 1. The molecule has 0 fully saturated rings. The third kappa shape index (κ3) is 4.94. The van der Waals surface area contributed by atoms with Crippen LogP contribution in [-0.2, 0) is 0 Å². The molecule has 1 aromatic heterocycles. The third-order valence-electron chi connectivity index (χ3n) is 3.58. The minimum Gasteiger partial charge on any atom is -0.306 e. The number of nitrogens with zero attached hydrogens (tertiary/aromatic N) is 1. The smallest absolute Gasteiger partial charge is 0.258 e. The standard InChI is InChI=1S/C19H11Cl4N3O2/c20-10-4-6-12(14(22)8-10)18(27)25-16-2-1-3-17(24-16)26-19(28)13-7-5-11(21)9-15(13)23/h1-9H,(H2,24,25,26,27,28). The second-order valence-corrected chi connectivity index (χ2v) is 7.25. The lowest BCUT2D eigenvalue weighted by atomic mass is 10.2. The van der Waals surface area contributed by atoms with Crippen LogP contribution < -0.4 is 10.6 Å². The molecule has 3 rings (SSSR count). The van der Waals surface area contributed by atoms with Crippen molar-refractivity contribution in [3.63, 3.8) is 0 Å². The number of carbonyl (C=O) groups is 2. The highest BCUT2D eigenvalue weighted by atomic mass is 35.5. The molecule has 1 heterocycles. The van der Waals surface area contributed by atoms with Gasteiger partial charge in [-0.05, 0) is 48.5 Å². The molecule has 0 spiro atoms. The van der Waals surface area contributed by atoms with Crippen LogP contribution in [0.15, 0.2) is 54.6 Å². The number of pyridine rings is 1. The first kappa shape index (κ1) is 20.4. The van der Waals surface area contributed by atoms with Crippen molar-refractivity contribution in [2.75, 3.05) is 10.6 Å². The van der Waals surface area contributed by atoms with Crippen molar-refractivity contribution in [1.29, 1.82) is 0 Å². The van der Waals surface area contributed by atoms with Gasteiger partial charge >= 0.3 is 0 Å². The zero-order chi connectivity index (χ0) is 20.3. The number of amides is 2. The topological polar surface area (TPSA) is 71.1 Å². The Kier molecular flexibility index (Phi) is 6.42. The fourth-order valence-corrected chi connectivity index (χ4v) is 3.28. The molecule has 28 heavy (non-hydrogen) atoms. The Morgan fingerprint density at radius 2 is 1.11 bits per heavy atom. The molecule has 2 amide bonds. The largest absolute Gasteiger partial charge is 0.306 e. The van der Waals surface area contributed by atoms with Crippen molar-refractivity contribution in [3.8, 4) is 0 Å². The molecule has 3 aromatic rings. The van der Waals surface area contributed by atoms with Crippen molar-refractivity contribution < 1.29 is 9.59 Å². The maximum Gasteiger partial charge on any atom is 0.258 e. The Balaban J connectivity index is 1.75. The van der Waals surface area contributed by atoms with Crippen LogP contribution in [0.25, 0.3) is 0 Å². The number of benzene rings is 2. The predicted octanol–water partition coefficient (Wildman–Crippen LogP) is 6.20. The number of halogens is 4. The molecule has 0 atom stereocenters. The summed E-state index contributed by atoms with van der Waals surface area (Å²) in [5, 5.41) is 6.51. The molecule has 2 aromatic carbocycles. The minimum atomic E-state index is -0.460. The van der Waals surface area contributed by atoms with Crippen molar-refractivity contribution in [3.05, 3.63) is 85.8 Å². The molecule has 0 saturated heterocycles. The fourth-order valence-electron chi connectivity index (χ4n) is 2.29. The lowest BCUT2D eigenvalue weighted by Crippen LogP contribution is -2.16. The van der Waals surface area contributed by atoms with Crippen molar-refractivity contribution in [2.45, 2.75) is 0 Å². The highest BCUT2D eigenvalue weighted by Crippen LogP contribution is 2.23. The summed E-state index contributed by atoms with van der Waals surface area (Å²) in [6.07, 6.45) is 0. The van der Waals surface area contributed by atoms with Crippen molar-refractivity contribution >= 4 is 69.9 Å². The van der Waals surface area contributed by atoms with E-state index in [4.69, 9.17) is 46.4 Å². The van der Waals surface area contributed by atoms with Crippen LogP contribution in [0.3, 0.4) is 0 Å². The monoisotopic (exact) mass is 453 g/mol. The van der Waals surface area contributed by atoms with Gasteiger partial charge in [0.25, 0.3) is 11.8 Å². The summed E-state index contributed by atoms with van der Waals surface area (Å²) in [5.74, 6) is -0.455. The number of hydrogen-bond donors (Lipinski definition) is 2. The van der Waals surface area contributed by atoms with Gasteiger partial charge in [-0.2, -0.15) is 0 Å². The van der Waals surface area contributed by atoms with E-state index in [1.165, 1.54) is 24.3 Å². The van der Waals surface area contributed by atoms with Crippen LogP contribution in [0.4, 0.5) is 11.6 Å². The molecule has 0 aliphatic carbocycles. The SMILES string of the molecule is O=C(Nc1cccc(NC(=O)c2ccc(Cl)cc2Cl)n1)c1ccc(Cl)cc1Cl. The molecule has 0 radical (unpaired) electrons. The number of nitrogens with one attached hydrogen (secondary N) is 2. The average Bonchev–Trinajstić information content (AvgIpc) is 2.61. The number of anilines is 2. The summed E-state index contributed by atoms with van der Waals surface area (Å²) < 4.78 is 0. The van der Waals surface area contributed by atoms with Gasteiger partial charge in [-0.25, -0.2) is 4.98 Å². The molecule has 9 heteroatoms. The molecule has 2 N–H and O–H groups in total. The first-order valence-corrected chi connectivity index (χ1v) is 9.34. The van der Waals surface area contributed by atoms with E-state index in [2.05, 4.69) is 15.6 Å². The molecule has 142 valence electrons. The maximum absolute atomic E-state index is 12.4. The molecular weight excluding hydrogens is 444 g/mol. The second-order valence-electron chi connectivity index (χ2n) is 5.56. The maximum atomic E-state index is 12.4. The first-order valence-electron chi connectivity index (χ1n) is 7.83. The van der Waals surface area contributed by atoms with E-state index in [1.807, 2.05) is 0 Å². The molecule has 0 bridgehead atoms. The zero-order valence-corrected chi connectivity index (χ0v) is 17.0. The zero-order valence-electron chi connectivity index (χ0n) is 14.0. The number of hydrogen-bond acceptors (Lipinski definition) is 3. The number of carbonyl (C=O) groups excluding carboxylic acids is 2. The quantitative estimate of drug-likeness (QED) is 0.492. The lowest BCUT2D eigenvalue weighted by molar-refractivity contribution is 0.101.